The number of nitrogens with one attached hydrogen (secondary N) is 1. The molecule has 1 aliphatic carbocycles. The van der Waals surface area contributed by atoms with E-state index in [-0.39, 0.29) is 0 Å². The summed E-state index contributed by atoms with van der Waals surface area (Å²) in [5.41, 5.74) is 2.70. The average molecular weight is 251 g/mol. The van der Waals surface area contributed by atoms with Gasteiger partial charge in [-0.05, 0) is 45.2 Å². The molecule has 1 aromatic rings. The van der Waals surface area contributed by atoms with E-state index in [4.69, 9.17) is 11.6 Å². The van der Waals surface area contributed by atoms with Crippen LogP contribution in [-0.4, -0.2) is 18.1 Å². The number of nitrogens with zero attached hydrogens (tertiary/aromatic N) is 1. The Morgan fingerprint density at radius 2 is 2.12 bits per heavy atom. The van der Waals surface area contributed by atoms with Crippen LogP contribution in [0.5, 0.6) is 0 Å². The zero-order valence-electron chi connectivity index (χ0n) is 10.5. The van der Waals surface area contributed by atoms with Crippen molar-refractivity contribution in [3.63, 3.8) is 0 Å². The van der Waals surface area contributed by atoms with E-state index in [1.807, 2.05) is 12.1 Å². The highest BCUT2D eigenvalue weighted by Crippen LogP contribution is 2.49. The van der Waals surface area contributed by atoms with Crippen molar-refractivity contribution in [2.24, 2.45) is 0 Å². The lowest BCUT2D eigenvalue weighted by Crippen LogP contribution is -2.62. The zero-order chi connectivity index (χ0) is 12.0. The van der Waals surface area contributed by atoms with Gasteiger partial charge < -0.3 is 10.2 Å². The first-order chi connectivity index (χ1) is 8.14. The predicted octanol–water partition coefficient (Wildman–Crippen LogP) is 3.90. The second kappa shape index (κ2) is 3.81. The highest BCUT2D eigenvalue weighted by molar-refractivity contribution is 6.34. The largest absolute Gasteiger partial charge is 0.381 e. The van der Waals surface area contributed by atoms with Crippen molar-refractivity contribution in [2.45, 2.75) is 44.7 Å². The Hall–Kier alpha value is -0.890. The van der Waals surface area contributed by atoms with Gasteiger partial charge in [-0.15, -0.1) is 0 Å². The van der Waals surface area contributed by atoms with Gasteiger partial charge in [-0.2, -0.15) is 0 Å². The highest BCUT2D eigenvalue weighted by atomic mass is 35.5. The van der Waals surface area contributed by atoms with Crippen LogP contribution >= 0.6 is 11.6 Å². The molecule has 1 aliphatic heterocycles. The maximum absolute atomic E-state index is 6.41. The van der Waals surface area contributed by atoms with Crippen LogP contribution in [0.4, 0.5) is 11.4 Å². The first-order valence-corrected chi connectivity index (χ1v) is 6.84. The van der Waals surface area contributed by atoms with Gasteiger partial charge in [0.25, 0.3) is 0 Å². The molecule has 3 rings (SSSR count). The van der Waals surface area contributed by atoms with Crippen LogP contribution in [-0.2, 0) is 0 Å². The smallest absolute Gasteiger partial charge is 0.0798 e. The molecular weight excluding hydrogens is 232 g/mol. The number of anilines is 2. The van der Waals surface area contributed by atoms with Crippen molar-refractivity contribution in [3.05, 3.63) is 23.2 Å². The second-order valence-electron chi connectivity index (χ2n) is 5.53. The Morgan fingerprint density at radius 3 is 2.71 bits per heavy atom. The lowest BCUT2D eigenvalue weighted by atomic mass is 9.73. The molecule has 0 bridgehead atoms. The lowest BCUT2D eigenvalue weighted by molar-refractivity contribution is 0.226. The van der Waals surface area contributed by atoms with Gasteiger partial charge >= 0.3 is 0 Å². The predicted molar refractivity (Wildman–Crippen MR) is 74.1 cm³/mol. The quantitative estimate of drug-likeness (QED) is 0.813. The summed E-state index contributed by atoms with van der Waals surface area (Å²) >= 11 is 6.41. The van der Waals surface area contributed by atoms with Gasteiger partial charge in [0, 0.05) is 12.6 Å². The molecule has 1 fully saturated rings. The van der Waals surface area contributed by atoms with E-state index in [9.17, 15) is 0 Å². The molecule has 1 spiro atoms. The molecule has 0 radical (unpaired) electrons. The molecular formula is C14H19ClN2. The highest BCUT2D eigenvalue weighted by Gasteiger charge is 2.47. The number of para-hydroxylation sites is 1. The summed E-state index contributed by atoms with van der Waals surface area (Å²) in [7, 11) is 0. The minimum atomic E-state index is 0.312. The number of rotatable bonds is 1. The van der Waals surface area contributed by atoms with Crippen molar-refractivity contribution in [1.82, 2.24) is 0 Å². The van der Waals surface area contributed by atoms with E-state index < -0.39 is 0 Å². The van der Waals surface area contributed by atoms with Gasteiger partial charge in [-0.3, -0.25) is 0 Å². The number of halogens is 1. The Labute approximate surface area is 108 Å². The third-order valence-electron chi connectivity index (χ3n) is 4.15. The summed E-state index contributed by atoms with van der Waals surface area (Å²) < 4.78 is 0. The molecule has 0 saturated heterocycles. The monoisotopic (exact) mass is 250 g/mol. The van der Waals surface area contributed by atoms with Crippen LogP contribution in [0.15, 0.2) is 18.2 Å². The summed E-state index contributed by atoms with van der Waals surface area (Å²) in [6.45, 7) is 5.58. The number of hydrogen-bond acceptors (Lipinski definition) is 2. The molecule has 1 heterocycles. The van der Waals surface area contributed by atoms with Gasteiger partial charge in [0.05, 0.1) is 21.9 Å². The summed E-state index contributed by atoms with van der Waals surface area (Å²) in [5.74, 6) is 0. The Bertz CT molecular complexity index is 438. The van der Waals surface area contributed by atoms with Crippen LogP contribution < -0.4 is 10.2 Å². The third-order valence-corrected chi connectivity index (χ3v) is 4.45. The Morgan fingerprint density at radius 1 is 1.35 bits per heavy atom. The molecule has 3 heteroatoms. The van der Waals surface area contributed by atoms with Crippen molar-refractivity contribution >= 4 is 23.0 Å². The molecule has 0 atom stereocenters. The van der Waals surface area contributed by atoms with Crippen molar-refractivity contribution in [3.8, 4) is 0 Å². The van der Waals surface area contributed by atoms with Crippen LogP contribution in [0, 0.1) is 0 Å². The van der Waals surface area contributed by atoms with E-state index in [1.54, 1.807) is 0 Å². The van der Waals surface area contributed by atoms with Gasteiger partial charge in [0.2, 0.25) is 0 Å². The SMILES string of the molecule is CC(C)N1c2c(Cl)cccc2NCC12CCC2. The molecule has 1 saturated carbocycles. The van der Waals surface area contributed by atoms with Crippen LogP contribution in [0.2, 0.25) is 5.02 Å². The van der Waals surface area contributed by atoms with Crippen molar-refractivity contribution < 1.29 is 0 Å². The van der Waals surface area contributed by atoms with E-state index in [0.29, 0.717) is 11.6 Å². The molecule has 0 aromatic heterocycles. The molecule has 0 amide bonds. The molecule has 1 N–H and O–H groups in total. The van der Waals surface area contributed by atoms with Crippen LogP contribution in [0.25, 0.3) is 0 Å². The van der Waals surface area contributed by atoms with Gasteiger partial charge in [-0.25, -0.2) is 0 Å². The minimum absolute atomic E-state index is 0.312. The number of hydrogen-bond donors (Lipinski definition) is 1. The first-order valence-electron chi connectivity index (χ1n) is 6.46. The zero-order valence-corrected chi connectivity index (χ0v) is 11.2. The Kier molecular flexibility index (Phi) is 2.51. The van der Waals surface area contributed by atoms with E-state index in [0.717, 1.165) is 11.6 Å². The first kappa shape index (κ1) is 11.2. The standard InChI is InChI=1S/C14H19ClN2/c1-10(2)17-13-11(15)5-3-6-12(13)16-9-14(17)7-4-8-14/h3,5-6,10,16H,4,7-9H2,1-2H3. The maximum atomic E-state index is 6.41. The molecule has 0 unspecified atom stereocenters. The minimum Gasteiger partial charge on any atom is -0.381 e. The van der Waals surface area contributed by atoms with E-state index in [2.05, 4.69) is 30.1 Å². The Balaban J connectivity index is 2.12. The summed E-state index contributed by atoms with van der Waals surface area (Å²) in [4.78, 5) is 2.55. The van der Waals surface area contributed by atoms with E-state index in [1.165, 1.54) is 30.6 Å². The fraction of sp³-hybridized carbons (Fsp3) is 0.571. The second-order valence-corrected chi connectivity index (χ2v) is 5.94. The molecule has 1 aromatic carbocycles. The number of fused-ring (bicyclic) bond motifs is 1. The lowest BCUT2D eigenvalue weighted by Gasteiger charge is -2.57. The van der Waals surface area contributed by atoms with E-state index >= 15 is 0 Å². The summed E-state index contributed by atoms with van der Waals surface area (Å²) in [6.07, 6.45) is 3.90. The summed E-state index contributed by atoms with van der Waals surface area (Å²) in [5, 5.41) is 4.43. The van der Waals surface area contributed by atoms with Crippen LogP contribution in [0.3, 0.4) is 0 Å². The summed E-state index contributed by atoms with van der Waals surface area (Å²) in [6, 6.07) is 6.64. The number of benzene rings is 1. The fourth-order valence-electron chi connectivity index (χ4n) is 3.29. The van der Waals surface area contributed by atoms with Crippen LogP contribution in [0.1, 0.15) is 33.1 Å². The molecule has 17 heavy (non-hydrogen) atoms. The molecule has 2 nitrogen and oxygen atoms in total. The topological polar surface area (TPSA) is 15.3 Å². The molecule has 2 aliphatic rings. The maximum Gasteiger partial charge on any atom is 0.0798 e. The molecule has 92 valence electrons. The fourth-order valence-corrected chi connectivity index (χ4v) is 3.56. The van der Waals surface area contributed by atoms with Gasteiger partial charge in [0.15, 0.2) is 0 Å². The van der Waals surface area contributed by atoms with Gasteiger partial charge in [-0.1, -0.05) is 17.7 Å². The normalized spacial score (nSPS) is 21.1. The average Bonchev–Trinajstić information content (AvgIpc) is 2.25. The van der Waals surface area contributed by atoms with Crippen molar-refractivity contribution in [1.29, 1.82) is 0 Å². The third kappa shape index (κ3) is 1.54. The van der Waals surface area contributed by atoms with Crippen molar-refractivity contribution in [2.75, 3.05) is 16.8 Å². The van der Waals surface area contributed by atoms with Gasteiger partial charge in [0.1, 0.15) is 0 Å².